The lowest BCUT2D eigenvalue weighted by molar-refractivity contribution is 0.491. The average molecular weight is 233 g/mol. The Bertz CT molecular complexity index is 450. The Morgan fingerprint density at radius 1 is 1.31 bits per heavy atom. The third kappa shape index (κ3) is 1.62. The van der Waals surface area contributed by atoms with Gasteiger partial charge >= 0.3 is 0 Å². The van der Waals surface area contributed by atoms with Crippen molar-refractivity contribution in [3.8, 4) is 5.06 Å². The summed E-state index contributed by atoms with van der Waals surface area (Å²) in [5.74, 6) is 0.410. The molecule has 1 aromatic carbocycles. The van der Waals surface area contributed by atoms with Gasteiger partial charge in [-0.25, -0.2) is 0 Å². The van der Waals surface area contributed by atoms with E-state index in [9.17, 15) is 5.11 Å². The summed E-state index contributed by atoms with van der Waals surface area (Å²) >= 11 is 12.9. The Morgan fingerprint density at radius 2 is 2.08 bits per heavy atom. The van der Waals surface area contributed by atoms with E-state index in [0.29, 0.717) is 16.0 Å². The Hall–Kier alpha value is -0.440. The Kier molecular flexibility index (Phi) is 2.37. The molecule has 4 heteroatoms. The van der Waals surface area contributed by atoms with E-state index in [1.807, 2.05) is 12.1 Å². The first-order valence-corrected chi connectivity index (χ1v) is 5.40. The van der Waals surface area contributed by atoms with Crippen LogP contribution in [0.4, 0.5) is 0 Å². The first-order chi connectivity index (χ1) is 6.20. The fourth-order valence-electron chi connectivity index (χ4n) is 1.27. The second kappa shape index (κ2) is 3.37. The van der Waals surface area contributed by atoms with E-state index in [-0.39, 0.29) is 0 Å². The van der Waals surface area contributed by atoms with Gasteiger partial charge in [0, 0.05) is 21.0 Å². The van der Waals surface area contributed by atoms with Gasteiger partial charge in [-0.3, -0.25) is 0 Å². The Balaban J connectivity index is 2.80. The van der Waals surface area contributed by atoms with Gasteiger partial charge in [-0.1, -0.05) is 22.9 Å². The normalized spacial score (nSPS) is 10.9. The molecule has 1 N–H and O–H groups in total. The van der Waals surface area contributed by atoms with Crippen molar-refractivity contribution in [1.29, 1.82) is 0 Å². The van der Waals surface area contributed by atoms with Crippen LogP contribution in [0.3, 0.4) is 0 Å². The number of benzene rings is 1. The summed E-state index contributed by atoms with van der Waals surface area (Å²) in [7, 11) is 0. The minimum Gasteiger partial charge on any atom is -0.499 e. The van der Waals surface area contributed by atoms with Crippen molar-refractivity contribution in [3.05, 3.63) is 28.8 Å². The van der Waals surface area contributed by atoms with Crippen LogP contribution in [0.5, 0.6) is 5.06 Å². The molecule has 0 bridgehead atoms. The molecule has 2 aromatic rings. The van der Waals surface area contributed by atoms with E-state index < -0.39 is 0 Å². The third-order valence-electron chi connectivity index (χ3n) is 1.82. The van der Waals surface area contributed by atoms with Crippen LogP contribution in [0.15, 0.2) is 18.2 Å². The van der Waals surface area contributed by atoms with E-state index >= 15 is 0 Å². The summed E-state index contributed by atoms with van der Waals surface area (Å²) < 4.78 is 0.973. The lowest BCUT2D eigenvalue weighted by atomic mass is 10.1. The first kappa shape index (κ1) is 9.13. The topological polar surface area (TPSA) is 20.2 Å². The van der Waals surface area contributed by atoms with Crippen molar-refractivity contribution < 1.29 is 5.11 Å². The van der Waals surface area contributed by atoms with E-state index in [4.69, 9.17) is 23.2 Å². The molecule has 0 aliphatic rings. The van der Waals surface area contributed by atoms with Crippen LogP contribution in [0, 0.1) is 0 Å². The maximum absolute atomic E-state index is 9.30. The molecular weight excluding hydrogens is 227 g/mol. The molecule has 0 spiro atoms. The highest BCUT2D eigenvalue weighted by Crippen LogP contribution is 2.35. The van der Waals surface area contributed by atoms with Crippen LogP contribution in [0.25, 0.3) is 10.1 Å². The van der Waals surface area contributed by atoms with Crippen LogP contribution < -0.4 is 0 Å². The van der Waals surface area contributed by atoms with E-state index in [1.54, 1.807) is 6.07 Å². The van der Waals surface area contributed by atoms with Gasteiger partial charge in [-0.05, 0) is 23.8 Å². The summed E-state index contributed by atoms with van der Waals surface area (Å²) in [6, 6.07) is 5.37. The van der Waals surface area contributed by atoms with Crippen molar-refractivity contribution in [3.63, 3.8) is 0 Å². The predicted molar refractivity (Wildman–Crippen MR) is 58.1 cm³/mol. The quantitative estimate of drug-likeness (QED) is 0.738. The van der Waals surface area contributed by atoms with Gasteiger partial charge in [-0.15, -0.1) is 11.6 Å². The van der Waals surface area contributed by atoms with Gasteiger partial charge in [0.05, 0.1) is 0 Å². The number of thiophene rings is 1. The molecule has 0 radical (unpaired) electrons. The zero-order valence-corrected chi connectivity index (χ0v) is 8.88. The number of fused-ring (bicyclic) bond motifs is 1. The number of hydrogen-bond donors (Lipinski definition) is 1. The standard InChI is InChI=1S/C9H6Cl2OS/c10-4-5-1-6(11)2-8-7(5)3-9(12)13-8/h1-3,12H,4H2. The summed E-state index contributed by atoms with van der Waals surface area (Å²) in [6.45, 7) is 0. The van der Waals surface area contributed by atoms with Crippen LogP contribution in [0.1, 0.15) is 5.56 Å². The van der Waals surface area contributed by atoms with Crippen molar-refractivity contribution in [1.82, 2.24) is 0 Å². The minimum atomic E-state index is 0.295. The fourth-order valence-corrected chi connectivity index (χ4v) is 2.69. The number of rotatable bonds is 1. The molecule has 0 amide bonds. The molecule has 1 heterocycles. The zero-order valence-electron chi connectivity index (χ0n) is 6.55. The average Bonchev–Trinajstić information content (AvgIpc) is 2.43. The largest absolute Gasteiger partial charge is 0.499 e. The SMILES string of the molecule is Oc1cc2c(CCl)cc(Cl)cc2s1. The summed E-state index contributed by atoms with van der Waals surface area (Å²) in [4.78, 5) is 0. The van der Waals surface area contributed by atoms with Gasteiger partial charge in [-0.2, -0.15) is 0 Å². The summed E-state index contributed by atoms with van der Waals surface area (Å²) in [5.41, 5.74) is 0.959. The highest BCUT2D eigenvalue weighted by molar-refractivity contribution is 7.20. The van der Waals surface area contributed by atoms with Crippen LogP contribution >= 0.6 is 34.5 Å². The number of aromatic hydroxyl groups is 1. The minimum absolute atomic E-state index is 0.295. The third-order valence-corrected chi connectivity index (χ3v) is 3.21. The van der Waals surface area contributed by atoms with Crippen LogP contribution in [0.2, 0.25) is 5.02 Å². The van der Waals surface area contributed by atoms with Crippen LogP contribution in [-0.4, -0.2) is 5.11 Å². The lowest BCUT2D eigenvalue weighted by Crippen LogP contribution is -1.77. The first-order valence-electron chi connectivity index (χ1n) is 3.67. The summed E-state index contributed by atoms with van der Waals surface area (Å²) in [6.07, 6.45) is 0. The molecule has 0 fully saturated rings. The second-order valence-corrected chi connectivity index (χ2v) is 4.46. The van der Waals surface area contributed by atoms with Crippen molar-refractivity contribution in [2.75, 3.05) is 0 Å². The van der Waals surface area contributed by atoms with Gasteiger partial charge in [0.2, 0.25) is 0 Å². The van der Waals surface area contributed by atoms with E-state index in [0.717, 1.165) is 15.6 Å². The molecule has 0 aliphatic carbocycles. The number of hydrogen-bond acceptors (Lipinski definition) is 2. The molecule has 13 heavy (non-hydrogen) atoms. The molecule has 0 atom stereocenters. The molecule has 0 saturated carbocycles. The van der Waals surface area contributed by atoms with Crippen molar-refractivity contribution in [2.24, 2.45) is 0 Å². The molecule has 1 nitrogen and oxygen atoms in total. The number of alkyl halides is 1. The molecule has 0 unspecified atom stereocenters. The molecule has 68 valence electrons. The lowest BCUT2D eigenvalue weighted by Gasteiger charge is -1.98. The Morgan fingerprint density at radius 3 is 2.77 bits per heavy atom. The number of halogens is 2. The Labute approximate surface area is 89.5 Å². The van der Waals surface area contributed by atoms with Crippen molar-refractivity contribution >= 4 is 44.6 Å². The molecule has 0 aliphatic heterocycles. The molecule has 0 saturated heterocycles. The highest BCUT2D eigenvalue weighted by Gasteiger charge is 2.06. The maximum atomic E-state index is 9.30. The predicted octanol–water partition coefficient (Wildman–Crippen LogP) is 4.00. The summed E-state index contributed by atoms with van der Waals surface area (Å²) in [5, 5.41) is 11.2. The maximum Gasteiger partial charge on any atom is 0.172 e. The van der Waals surface area contributed by atoms with Crippen LogP contribution in [-0.2, 0) is 5.88 Å². The molecular formula is C9H6Cl2OS. The van der Waals surface area contributed by atoms with E-state index in [1.165, 1.54) is 11.3 Å². The molecule has 2 rings (SSSR count). The van der Waals surface area contributed by atoms with Gasteiger partial charge in [0.1, 0.15) is 0 Å². The van der Waals surface area contributed by atoms with Crippen molar-refractivity contribution in [2.45, 2.75) is 5.88 Å². The monoisotopic (exact) mass is 232 g/mol. The van der Waals surface area contributed by atoms with Gasteiger partial charge < -0.3 is 5.11 Å². The smallest absolute Gasteiger partial charge is 0.172 e. The highest BCUT2D eigenvalue weighted by atomic mass is 35.5. The van der Waals surface area contributed by atoms with E-state index in [2.05, 4.69) is 0 Å². The second-order valence-electron chi connectivity index (χ2n) is 2.69. The zero-order chi connectivity index (χ0) is 9.42. The fraction of sp³-hybridized carbons (Fsp3) is 0.111. The van der Waals surface area contributed by atoms with Gasteiger partial charge in [0.15, 0.2) is 5.06 Å². The van der Waals surface area contributed by atoms with Gasteiger partial charge in [0.25, 0.3) is 0 Å². The molecule has 1 aromatic heterocycles.